The van der Waals surface area contributed by atoms with Crippen molar-refractivity contribution in [3.8, 4) is 0 Å². The van der Waals surface area contributed by atoms with Gasteiger partial charge in [0.25, 0.3) is 0 Å². The van der Waals surface area contributed by atoms with Crippen LogP contribution >= 0.6 is 11.3 Å². The number of anilines is 1. The summed E-state index contributed by atoms with van der Waals surface area (Å²) in [6, 6.07) is 0. The molecule has 7 heteroatoms. The van der Waals surface area contributed by atoms with Crippen LogP contribution in [0.2, 0.25) is 0 Å². The lowest BCUT2D eigenvalue weighted by molar-refractivity contribution is -0.117. The molecular weight excluding hydrogens is 300 g/mol. The number of rotatable bonds is 7. The molecule has 2 rings (SSSR count). The number of likely N-dealkylation sites (N-methyl/N-ethyl adjacent to an activating group) is 1. The summed E-state index contributed by atoms with van der Waals surface area (Å²) in [5, 5.41) is 15.2. The van der Waals surface area contributed by atoms with Gasteiger partial charge in [-0.1, -0.05) is 0 Å². The first-order chi connectivity index (χ1) is 10.3. The van der Waals surface area contributed by atoms with E-state index in [1.807, 2.05) is 12.4 Å². The van der Waals surface area contributed by atoms with Gasteiger partial charge in [-0.15, -0.1) is 11.3 Å². The van der Waals surface area contributed by atoms with Crippen molar-refractivity contribution in [2.24, 2.45) is 0 Å². The average molecular weight is 326 g/mol. The van der Waals surface area contributed by atoms with Crippen molar-refractivity contribution in [1.82, 2.24) is 14.8 Å². The molecule has 1 saturated heterocycles. The summed E-state index contributed by atoms with van der Waals surface area (Å²) in [7, 11) is 1.82. The van der Waals surface area contributed by atoms with Crippen molar-refractivity contribution >= 4 is 22.4 Å². The second-order valence-corrected chi connectivity index (χ2v) is 7.52. The number of carbonyl (C=O) groups is 1. The second-order valence-electron chi connectivity index (χ2n) is 6.66. The zero-order valence-corrected chi connectivity index (χ0v) is 14.4. The van der Waals surface area contributed by atoms with Crippen LogP contribution < -0.4 is 5.32 Å². The molecule has 0 bridgehead atoms. The van der Waals surface area contributed by atoms with Crippen LogP contribution in [0, 0.1) is 0 Å². The Hall–Kier alpha value is -1.02. The van der Waals surface area contributed by atoms with Crippen LogP contribution in [0.15, 0.2) is 5.38 Å². The van der Waals surface area contributed by atoms with E-state index in [1.165, 1.54) is 24.2 Å². The Morgan fingerprint density at radius 2 is 2.18 bits per heavy atom. The molecule has 1 aromatic heterocycles. The third-order valence-electron chi connectivity index (χ3n) is 3.45. The predicted molar refractivity (Wildman–Crippen MR) is 89.0 cm³/mol. The third-order valence-corrected chi connectivity index (χ3v) is 4.26. The standard InChI is InChI=1S/C15H26N4O2S/c1-15(2,21)11-18(3)9-13(20)17-14-16-12(10-22-14)8-19-6-4-5-7-19/h10,21H,4-9,11H2,1-3H3,(H,16,17,20). The number of nitrogens with zero attached hydrogens (tertiary/aromatic N) is 3. The number of hydrogen-bond acceptors (Lipinski definition) is 6. The van der Waals surface area contributed by atoms with Gasteiger partial charge in [0.2, 0.25) is 5.91 Å². The Kier molecular flexibility index (Phi) is 5.91. The summed E-state index contributed by atoms with van der Waals surface area (Å²) in [5.41, 5.74) is 0.214. The molecule has 0 unspecified atom stereocenters. The largest absolute Gasteiger partial charge is 0.389 e. The number of thiazole rings is 1. The Morgan fingerprint density at radius 1 is 1.50 bits per heavy atom. The quantitative estimate of drug-likeness (QED) is 0.792. The molecule has 1 fully saturated rings. The van der Waals surface area contributed by atoms with Crippen molar-refractivity contribution < 1.29 is 9.90 Å². The minimum absolute atomic E-state index is 0.103. The van der Waals surface area contributed by atoms with Gasteiger partial charge in [0.15, 0.2) is 5.13 Å². The maximum absolute atomic E-state index is 12.0. The van der Waals surface area contributed by atoms with E-state index in [1.54, 1.807) is 18.7 Å². The van der Waals surface area contributed by atoms with Crippen LogP contribution in [0.1, 0.15) is 32.4 Å². The fraction of sp³-hybridized carbons (Fsp3) is 0.733. The van der Waals surface area contributed by atoms with Crippen molar-refractivity contribution in [2.45, 2.75) is 38.8 Å². The molecule has 1 aliphatic rings. The normalized spacial score (nSPS) is 16.4. The fourth-order valence-electron chi connectivity index (χ4n) is 2.73. The molecule has 2 N–H and O–H groups in total. The summed E-state index contributed by atoms with van der Waals surface area (Å²) < 4.78 is 0. The number of carbonyl (C=O) groups excluding carboxylic acids is 1. The highest BCUT2D eigenvalue weighted by molar-refractivity contribution is 7.13. The lowest BCUT2D eigenvalue weighted by atomic mass is 10.1. The van der Waals surface area contributed by atoms with E-state index < -0.39 is 5.60 Å². The molecule has 124 valence electrons. The summed E-state index contributed by atoms with van der Waals surface area (Å²) >= 11 is 1.46. The molecule has 0 radical (unpaired) electrons. The minimum Gasteiger partial charge on any atom is -0.389 e. The summed E-state index contributed by atoms with van der Waals surface area (Å²) in [6.07, 6.45) is 2.53. The van der Waals surface area contributed by atoms with E-state index in [0.717, 1.165) is 25.3 Å². The molecule has 0 atom stereocenters. The summed E-state index contributed by atoms with van der Waals surface area (Å²) in [4.78, 5) is 20.6. The molecule has 0 saturated carbocycles. The van der Waals surface area contributed by atoms with Crippen LogP contribution in [-0.2, 0) is 11.3 Å². The first kappa shape index (κ1) is 17.3. The zero-order valence-electron chi connectivity index (χ0n) is 13.6. The van der Waals surface area contributed by atoms with Gasteiger partial charge in [-0.3, -0.25) is 14.6 Å². The molecular formula is C15H26N4O2S. The predicted octanol–water partition coefficient (Wildman–Crippen LogP) is 1.38. The third kappa shape index (κ3) is 6.00. The van der Waals surface area contributed by atoms with Crippen molar-refractivity contribution in [3.63, 3.8) is 0 Å². The molecule has 1 aromatic rings. The van der Waals surface area contributed by atoms with E-state index in [2.05, 4.69) is 15.2 Å². The molecule has 2 heterocycles. The first-order valence-electron chi connectivity index (χ1n) is 7.69. The molecule has 0 aliphatic carbocycles. The lowest BCUT2D eigenvalue weighted by Crippen LogP contribution is -2.40. The SMILES string of the molecule is CN(CC(=O)Nc1nc(CN2CCCC2)cs1)CC(C)(C)O. The Morgan fingerprint density at radius 3 is 2.82 bits per heavy atom. The van der Waals surface area contributed by atoms with Gasteiger partial charge in [0.05, 0.1) is 17.8 Å². The molecule has 1 aliphatic heterocycles. The van der Waals surface area contributed by atoms with E-state index in [0.29, 0.717) is 11.7 Å². The Balaban J connectivity index is 1.78. The number of hydrogen-bond donors (Lipinski definition) is 2. The van der Waals surface area contributed by atoms with Crippen LogP contribution in [0.5, 0.6) is 0 Å². The van der Waals surface area contributed by atoms with Crippen molar-refractivity contribution in [3.05, 3.63) is 11.1 Å². The topological polar surface area (TPSA) is 68.7 Å². The van der Waals surface area contributed by atoms with Gasteiger partial charge in [0.1, 0.15) is 0 Å². The van der Waals surface area contributed by atoms with Gasteiger partial charge in [-0.05, 0) is 46.8 Å². The average Bonchev–Trinajstić information content (AvgIpc) is 2.99. The molecule has 6 nitrogen and oxygen atoms in total. The van der Waals surface area contributed by atoms with E-state index in [9.17, 15) is 9.90 Å². The number of aliphatic hydroxyl groups is 1. The highest BCUT2D eigenvalue weighted by atomic mass is 32.1. The van der Waals surface area contributed by atoms with Gasteiger partial charge in [-0.2, -0.15) is 0 Å². The minimum atomic E-state index is -0.806. The molecule has 0 aromatic carbocycles. The fourth-order valence-corrected chi connectivity index (χ4v) is 3.44. The Labute approximate surface area is 136 Å². The second kappa shape index (κ2) is 7.50. The summed E-state index contributed by atoms with van der Waals surface area (Å²) in [6.45, 7) is 7.29. The Bertz CT molecular complexity index is 492. The van der Waals surface area contributed by atoms with Gasteiger partial charge in [0, 0.05) is 18.5 Å². The highest BCUT2D eigenvalue weighted by Crippen LogP contribution is 2.18. The van der Waals surface area contributed by atoms with E-state index in [-0.39, 0.29) is 12.5 Å². The zero-order chi connectivity index (χ0) is 16.2. The van der Waals surface area contributed by atoms with Crippen molar-refractivity contribution in [1.29, 1.82) is 0 Å². The monoisotopic (exact) mass is 326 g/mol. The number of amides is 1. The molecule has 22 heavy (non-hydrogen) atoms. The van der Waals surface area contributed by atoms with Crippen LogP contribution in [0.4, 0.5) is 5.13 Å². The highest BCUT2D eigenvalue weighted by Gasteiger charge is 2.18. The van der Waals surface area contributed by atoms with Gasteiger partial charge in [-0.25, -0.2) is 4.98 Å². The van der Waals surface area contributed by atoms with Crippen molar-refractivity contribution in [2.75, 3.05) is 38.5 Å². The maximum Gasteiger partial charge on any atom is 0.240 e. The van der Waals surface area contributed by atoms with Crippen LogP contribution in [-0.4, -0.2) is 64.6 Å². The lowest BCUT2D eigenvalue weighted by Gasteiger charge is -2.24. The maximum atomic E-state index is 12.0. The van der Waals surface area contributed by atoms with E-state index >= 15 is 0 Å². The number of aromatic nitrogens is 1. The summed E-state index contributed by atoms with van der Waals surface area (Å²) in [5.74, 6) is -0.103. The van der Waals surface area contributed by atoms with Gasteiger partial charge >= 0.3 is 0 Å². The van der Waals surface area contributed by atoms with Crippen LogP contribution in [0.3, 0.4) is 0 Å². The number of likely N-dealkylation sites (tertiary alicyclic amines) is 1. The number of nitrogens with one attached hydrogen (secondary N) is 1. The first-order valence-corrected chi connectivity index (χ1v) is 8.57. The van der Waals surface area contributed by atoms with Gasteiger partial charge < -0.3 is 10.4 Å². The van der Waals surface area contributed by atoms with Crippen LogP contribution in [0.25, 0.3) is 0 Å². The smallest absolute Gasteiger partial charge is 0.240 e. The van der Waals surface area contributed by atoms with E-state index in [4.69, 9.17) is 0 Å². The molecule has 0 spiro atoms. The molecule has 1 amide bonds.